The van der Waals surface area contributed by atoms with Crippen molar-refractivity contribution in [3.05, 3.63) is 42.4 Å². The van der Waals surface area contributed by atoms with Crippen LogP contribution in [-0.4, -0.2) is 60.4 Å². The van der Waals surface area contributed by atoms with Gasteiger partial charge in [-0.1, -0.05) is 12.1 Å². The van der Waals surface area contributed by atoms with E-state index in [1.54, 1.807) is 7.05 Å². The highest BCUT2D eigenvalue weighted by molar-refractivity contribution is 7.91. The van der Waals surface area contributed by atoms with Gasteiger partial charge in [0.05, 0.1) is 36.2 Å². The Morgan fingerprint density at radius 3 is 2.70 bits per heavy atom. The second-order valence-electron chi connectivity index (χ2n) is 6.31. The number of amides is 1. The first-order valence-corrected chi connectivity index (χ1v) is 10.5. The van der Waals surface area contributed by atoms with Crippen LogP contribution in [0.4, 0.5) is 11.5 Å². The normalized spacial score (nSPS) is 18.1. The van der Waals surface area contributed by atoms with Gasteiger partial charge in [0.2, 0.25) is 0 Å². The second kappa shape index (κ2) is 7.91. The van der Waals surface area contributed by atoms with Gasteiger partial charge in [-0.15, -0.1) is 0 Å². The Morgan fingerprint density at radius 2 is 2.07 bits per heavy atom. The molecule has 0 spiro atoms. The Bertz CT molecular complexity index is 915. The zero-order valence-corrected chi connectivity index (χ0v) is 16.1. The number of carbonyl (C=O) groups excluding carboxylic acids is 1. The van der Waals surface area contributed by atoms with Crippen LogP contribution in [0.5, 0.6) is 5.75 Å². The van der Waals surface area contributed by atoms with Crippen LogP contribution in [0.2, 0.25) is 0 Å². The van der Waals surface area contributed by atoms with Gasteiger partial charge in [-0.3, -0.25) is 4.79 Å². The number of ether oxygens (including phenoxy) is 1. The minimum Gasteiger partial charge on any atom is -0.492 e. The highest BCUT2D eigenvalue weighted by Gasteiger charge is 2.33. The first kappa shape index (κ1) is 19.1. The van der Waals surface area contributed by atoms with Crippen LogP contribution < -0.4 is 10.1 Å². The smallest absolute Gasteiger partial charge is 0.274 e. The van der Waals surface area contributed by atoms with E-state index >= 15 is 0 Å². The number of hydrogen-bond acceptors (Lipinski definition) is 7. The van der Waals surface area contributed by atoms with Crippen molar-refractivity contribution in [3.8, 4) is 5.75 Å². The lowest BCUT2D eigenvalue weighted by Crippen LogP contribution is -2.38. The van der Waals surface area contributed by atoms with E-state index in [4.69, 9.17) is 4.74 Å². The molecule has 2 heterocycles. The maximum absolute atomic E-state index is 12.5. The summed E-state index contributed by atoms with van der Waals surface area (Å²) in [6.07, 6.45) is 3.30. The van der Waals surface area contributed by atoms with Crippen LogP contribution in [0.1, 0.15) is 23.8 Å². The fourth-order valence-electron chi connectivity index (χ4n) is 2.92. The third kappa shape index (κ3) is 4.54. The molecule has 1 amide bonds. The molecule has 8 nitrogen and oxygen atoms in total. The molecule has 1 aromatic heterocycles. The van der Waals surface area contributed by atoms with Crippen molar-refractivity contribution in [2.24, 2.45) is 0 Å². The SMILES string of the molecule is CCOc1ccccc1Nc1cnc(C(=O)N(C)C2CCS(=O)(=O)C2)cn1. The summed E-state index contributed by atoms with van der Waals surface area (Å²) < 4.78 is 28.8. The molecule has 1 atom stereocenters. The van der Waals surface area contributed by atoms with Crippen LogP contribution >= 0.6 is 0 Å². The number of carbonyl (C=O) groups is 1. The molecule has 1 N–H and O–H groups in total. The zero-order chi connectivity index (χ0) is 19.4. The monoisotopic (exact) mass is 390 g/mol. The van der Waals surface area contributed by atoms with E-state index < -0.39 is 9.84 Å². The number of nitrogens with one attached hydrogen (secondary N) is 1. The third-order valence-corrected chi connectivity index (χ3v) is 6.15. The first-order chi connectivity index (χ1) is 12.9. The van der Waals surface area contributed by atoms with E-state index in [2.05, 4.69) is 15.3 Å². The summed E-state index contributed by atoms with van der Waals surface area (Å²) in [6, 6.07) is 7.14. The van der Waals surface area contributed by atoms with Crippen molar-refractivity contribution in [2.75, 3.05) is 30.5 Å². The zero-order valence-electron chi connectivity index (χ0n) is 15.3. The Kier molecular flexibility index (Phi) is 5.59. The van der Waals surface area contributed by atoms with Gasteiger partial charge in [0, 0.05) is 13.1 Å². The van der Waals surface area contributed by atoms with Crippen LogP contribution in [0.3, 0.4) is 0 Å². The molecule has 1 saturated heterocycles. The lowest BCUT2D eigenvalue weighted by atomic mass is 10.2. The Morgan fingerprint density at radius 1 is 1.30 bits per heavy atom. The number of rotatable bonds is 6. The molecule has 0 aliphatic carbocycles. The molecule has 1 aromatic carbocycles. The highest BCUT2D eigenvalue weighted by atomic mass is 32.2. The number of benzene rings is 1. The van der Waals surface area contributed by atoms with Crippen LogP contribution in [0.25, 0.3) is 0 Å². The Balaban J connectivity index is 1.69. The van der Waals surface area contributed by atoms with Crippen molar-refractivity contribution in [1.82, 2.24) is 14.9 Å². The molecule has 9 heteroatoms. The molecule has 1 unspecified atom stereocenters. The quantitative estimate of drug-likeness (QED) is 0.803. The molecule has 1 aliphatic rings. The van der Waals surface area contributed by atoms with Crippen molar-refractivity contribution in [1.29, 1.82) is 0 Å². The third-order valence-electron chi connectivity index (χ3n) is 4.40. The van der Waals surface area contributed by atoms with Gasteiger partial charge in [-0.2, -0.15) is 0 Å². The first-order valence-electron chi connectivity index (χ1n) is 8.68. The summed E-state index contributed by atoms with van der Waals surface area (Å²) in [5.41, 5.74) is 0.923. The number of nitrogens with zero attached hydrogens (tertiary/aromatic N) is 3. The molecule has 0 saturated carbocycles. The largest absolute Gasteiger partial charge is 0.492 e. The number of hydrogen-bond donors (Lipinski definition) is 1. The summed E-state index contributed by atoms with van der Waals surface area (Å²) in [6.45, 7) is 2.45. The van der Waals surface area contributed by atoms with Crippen LogP contribution in [-0.2, 0) is 9.84 Å². The van der Waals surface area contributed by atoms with Gasteiger partial charge in [-0.25, -0.2) is 18.4 Å². The van der Waals surface area contributed by atoms with Gasteiger partial charge in [0.1, 0.15) is 17.3 Å². The maximum Gasteiger partial charge on any atom is 0.274 e. The minimum absolute atomic E-state index is 0.00345. The second-order valence-corrected chi connectivity index (χ2v) is 8.54. The molecular formula is C18H22N4O4S. The predicted molar refractivity (Wildman–Crippen MR) is 102 cm³/mol. The van der Waals surface area contributed by atoms with E-state index in [1.165, 1.54) is 17.3 Å². The van der Waals surface area contributed by atoms with Gasteiger partial charge in [0.15, 0.2) is 9.84 Å². The molecule has 144 valence electrons. The van der Waals surface area contributed by atoms with Crippen LogP contribution in [0.15, 0.2) is 36.7 Å². The average Bonchev–Trinajstić information content (AvgIpc) is 3.03. The fraction of sp³-hybridized carbons (Fsp3) is 0.389. The molecule has 27 heavy (non-hydrogen) atoms. The van der Waals surface area contributed by atoms with E-state index in [1.807, 2.05) is 31.2 Å². The van der Waals surface area contributed by atoms with Gasteiger partial charge in [0.25, 0.3) is 5.91 Å². The van der Waals surface area contributed by atoms with Crippen molar-refractivity contribution < 1.29 is 17.9 Å². The lowest BCUT2D eigenvalue weighted by Gasteiger charge is -2.22. The summed E-state index contributed by atoms with van der Waals surface area (Å²) in [4.78, 5) is 22.4. The predicted octanol–water partition coefficient (Wildman–Crippen LogP) is 1.88. The number of sulfone groups is 1. The van der Waals surface area contributed by atoms with E-state index in [9.17, 15) is 13.2 Å². The molecule has 1 fully saturated rings. The van der Waals surface area contributed by atoms with Gasteiger partial charge < -0.3 is 15.0 Å². The maximum atomic E-state index is 12.5. The summed E-state index contributed by atoms with van der Waals surface area (Å²) in [7, 11) is -1.46. The van der Waals surface area contributed by atoms with Gasteiger partial charge >= 0.3 is 0 Å². The van der Waals surface area contributed by atoms with Crippen LogP contribution in [0, 0.1) is 0 Å². The fourth-order valence-corrected chi connectivity index (χ4v) is 4.69. The molecule has 2 aromatic rings. The molecule has 0 radical (unpaired) electrons. The number of aromatic nitrogens is 2. The molecule has 3 rings (SSSR count). The minimum atomic E-state index is -3.06. The standard InChI is InChI=1S/C18H22N4O4S/c1-3-26-16-7-5-4-6-14(16)21-17-11-19-15(10-20-17)18(23)22(2)13-8-9-27(24,25)12-13/h4-7,10-11,13H,3,8-9,12H2,1-2H3,(H,20,21). The van der Waals surface area contributed by atoms with Gasteiger partial charge in [-0.05, 0) is 25.5 Å². The number of para-hydroxylation sites is 2. The lowest BCUT2D eigenvalue weighted by molar-refractivity contribution is 0.0741. The molecular weight excluding hydrogens is 368 g/mol. The molecule has 1 aliphatic heterocycles. The Hall–Kier alpha value is -2.68. The van der Waals surface area contributed by atoms with E-state index in [0.717, 1.165) is 5.69 Å². The van der Waals surface area contributed by atoms with E-state index in [0.29, 0.717) is 24.6 Å². The van der Waals surface area contributed by atoms with Crippen molar-refractivity contribution >= 4 is 27.2 Å². The summed E-state index contributed by atoms with van der Waals surface area (Å²) >= 11 is 0. The summed E-state index contributed by atoms with van der Waals surface area (Å²) in [5, 5.41) is 3.12. The highest BCUT2D eigenvalue weighted by Crippen LogP contribution is 2.26. The summed E-state index contributed by atoms with van der Waals surface area (Å²) in [5.74, 6) is 0.944. The Labute approximate surface area is 158 Å². The topological polar surface area (TPSA) is 101 Å². The average molecular weight is 390 g/mol. The van der Waals surface area contributed by atoms with Crippen molar-refractivity contribution in [3.63, 3.8) is 0 Å². The van der Waals surface area contributed by atoms with E-state index in [-0.39, 0.29) is 29.1 Å². The molecule has 0 bridgehead atoms. The van der Waals surface area contributed by atoms with Crippen molar-refractivity contribution in [2.45, 2.75) is 19.4 Å². The number of anilines is 2.